The predicted molar refractivity (Wildman–Crippen MR) is 82.2 cm³/mol. The third kappa shape index (κ3) is 2.65. The second kappa shape index (κ2) is 5.48. The molecule has 1 aromatic carbocycles. The minimum atomic E-state index is 0.203. The number of hydrogen-bond acceptors (Lipinski definition) is 4. The molecule has 0 amide bonds. The number of nitrogens with two attached hydrogens (primary N) is 1. The van der Waals surface area contributed by atoms with Gasteiger partial charge in [0.05, 0.1) is 19.3 Å². The molecule has 5 nitrogen and oxygen atoms in total. The van der Waals surface area contributed by atoms with Gasteiger partial charge in [-0.05, 0) is 26.0 Å². The molecule has 2 aromatic rings. The van der Waals surface area contributed by atoms with Gasteiger partial charge in [0.15, 0.2) is 0 Å². The first kappa shape index (κ1) is 14.1. The van der Waals surface area contributed by atoms with Gasteiger partial charge in [0, 0.05) is 17.5 Å². The molecule has 1 aliphatic heterocycles. The van der Waals surface area contributed by atoms with Gasteiger partial charge >= 0.3 is 0 Å². The molecule has 0 spiro atoms. The van der Waals surface area contributed by atoms with Crippen LogP contribution in [0.4, 0.5) is 5.82 Å². The average Bonchev–Trinajstić information content (AvgIpc) is 2.95. The first-order chi connectivity index (χ1) is 10.1. The maximum atomic E-state index is 5.95. The number of hydrogen-bond donors (Lipinski definition) is 1. The van der Waals surface area contributed by atoms with Crippen molar-refractivity contribution in [1.29, 1.82) is 0 Å². The zero-order valence-corrected chi connectivity index (χ0v) is 12.9. The zero-order chi connectivity index (χ0) is 15.0. The van der Waals surface area contributed by atoms with Crippen LogP contribution in [0.25, 0.3) is 0 Å². The Bertz CT molecular complexity index is 669. The van der Waals surface area contributed by atoms with E-state index in [1.54, 1.807) is 10.9 Å². The van der Waals surface area contributed by atoms with Gasteiger partial charge < -0.3 is 15.2 Å². The fourth-order valence-electron chi connectivity index (χ4n) is 2.55. The molecule has 0 bridgehead atoms. The van der Waals surface area contributed by atoms with Gasteiger partial charge in [0.1, 0.15) is 28.4 Å². The number of nitrogen functional groups attached to an aromatic ring is 1. The molecule has 2 N–H and O–H groups in total. The van der Waals surface area contributed by atoms with E-state index in [-0.39, 0.29) is 6.10 Å². The number of benzene rings is 1. The number of nitrogens with zero attached hydrogens (tertiary/aromatic N) is 2. The second-order valence-electron chi connectivity index (χ2n) is 5.17. The largest absolute Gasteiger partial charge is 0.494 e. The number of rotatable bonds is 4. The molecule has 112 valence electrons. The van der Waals surface area contributed by atoms with Crippen LogP contribution in [0.1, 0.15) is 25.0 Å². The Balaban J connectivity index is 1.97. The molecule has 1 aliphatic rings. The maximum Gasteiger partial charge on any atom is 0.140 e. The summed E-state index contributed by atoms with van der Waals surface area (Å²) in [5.41, 5.74) is 8.07. The van der Waals surface area contributed by atoms with Crippen molar-refractivity contribution in [1.82, 2.24) is 9.78 Å². The van der Waals surface area contributed by atoms with Gasteiger partial charge in [-0.1, -0.05) is 11.6 Å². The van der Waals surface area contributed by atoms with Gasteiger partial charge in [0.25, 0.3) is 0 Å². The van der Waals surface area contributed by atoms with E-state index in [1.165, 1.54) is 5.56 Å². The van der Waals surface area contributed by atoms with Crippen LogP contribution in [0, 0.1) is 0 Å². The van der Waals surface area contributed by atoms with Crippen molar-refractivity contribution in [2.24, 2.45) is 0 Å². The van der Waals surface area contributed by atoms with Crippen LogP contribution in [-0.2, 0) is 13.0 Å². The Labute approximate surface area is 128 Å². The van der Waals surface area contributed by atoms with Crippen LogP contribution in [0.2, 0.25) is 5.02 Å². The number of ether oxygens (including phenoxy) is 2. The standard InChI is InChI=1S/C15H18ClN3O2/c1-3-20-13-5-10-4-9(2)21-14(10)6-11(13)8-19-15(17)12(16)7-18-19/h5-7,9H,3-4,8,17H2,1-2H3. The lowest BCUT2D eigenvalue weighted by molar-refractivity contribution is 0.254. The average molecular weight is 308 g/mol. The minimum absolute atomic E-state index is 0.203. The third-order valence-corrected chi connectivity index (χ3v) is 3.82. The fourth-order valence-corrected chi connectivity index (χ4v) is 2.70. The highest BCUT2D eigenvalue weighted by atomic mass is 35.5. The quantitative estimate of drug-likeness (QED) is 0.943. The summed E-state index contributed by atoms with van der Waals surface area (Å²) in [6, 6.07) is 4.07. The first-order valence-corrected chi connectivity index (χ1v) is 7.38. The summed E-state index contributed by atoms with van der Waals surface area (Å²) >= 11 is 5.95. The third-order valence-electron chi connectivity index (χ3n) is 3.53. The molecule has 1 unspecified atom stereocenters. The maximum absolute atomic E-state index is 5.95. The van der Waals surface area contributed by atoms with Crippen LogP contribution >= 0.6 is 11.6 Å². The Morgan fingerprint density at radius 3 is 3.00 bits per heavy atom. The molecule has 0 fully saturated rings. The van der Waals surface area contributed by atoms with E-state index in [4.69, 9.17) is 26.8 Å². The van der Waals surface area contributed by atoms with E-state index in [0.29, 0.717) is 24.0 Å². The van der Waals surface area contributed by atoms with E-state index < -0.39 is 0 Å². The predicted octanol–water partition coefficient (Wildman–Crippen LogP) is 2.89. The molecule has 21 heavy (non-hydrogen) atoms. The molecule has 0 saturated heterocycles. The number of fused-ring (bicyclic) bond motifs is 1. The SMILES string of the molecule is CCOc1cc2c(cc1Cn1ncc(Cl)c1N)OC(C)C2. The van der Waals surface area contributed by atoms with Gasteiger partial charge in [0.2, 0.25) is 0 Å². The summed E-state index contributed by atoms with van der Waals surface area (Å²) in [4.78, 5) is 0. The normalized spacial score (nSPS) is 16.6. The van der Waals surface area contributed by atoms with Crippen LogP contribution in [-0.4, -0.2) is 22.5 Å². The van der Waals surface area contributed by atoms with Crippen LogP contribution in [0.3, 0.4) is 0 Å². The van der Waals surface area contributed by atoms with Crippen molar-refractivity contribution in [3.63, 3.8) is 0 Å². The molecule has 0 saturated carbocycles. The topological polar surface area (TPSA) is 62.3 Å². The second-order valence-corrected chi connectivity index (χ2v) is 5.58. The molecule has 2 heterocycles. The van der Waals surface area contributed by atoms with Gasteiger partial charge in [-0.15, -0.1) is 0 Å². The fraction of sp³-hybridized carbons (Fsp3) is 0.400. The van der Waals surface area contributed by atoms with Crippen LogP contribution < -0.4 is 15.2 Å². The summed E-state index contributed by atoms with van der Waals surface area (Å²) in [7, 11) is 0. The summed E-state index contributed by atoms with van der Waals surface area (Å²) in [5.74, 6) is 2.21. The van der Waals surface area contributed by atoms with Crippen molar-refractivity contribution in [3.8, 4) is 11.5 Å². The highest BCUT2D eigenvalue weighted by molar-refractivity contribution is 6.32. The van der Waals surface area contributed by atoms with Crippen molar-refractivity contribution in [3.05, 3.63) is 34.5 Å². The summed E-state index contributed by atoms with van der Waals surface area (Å²) in [6.45, 7) is 5.14. The van der Waals surface area contributed by atoms with E-state index in [9.17, 15) is 0 Å². The summed E-state index contributed by atoms with van der Waals surface area (Å²) in [6.07, 6.45) is 2.66. The number of anilines is 1. The first-order valence-electron chi connectivity index (χ1n) is 7.00. The van der Waals surface area contributed by atoms with Crippen molar-refractivity contribution in [2.45, 2.75) is 32.9 Å². The lowest BCUT2D eigenvalue weighted by Gasteiger charge is -2.13. The monoisotopic (exact) mass is 307 g/mol. The highest BCUT2D eigenvalue weighted by Gasteiger charge is 2.22. The Kier molecular flexibility index (Phi) is 3.68. The van der Waals surface area contributed by atoms with E-state index in [1.807, 2.05) is 13.0 Å². The molecule has 0 radical (unpaired) electrons. The molecular formula is C15H18ClN3O2. The zero-order valence-electron chi connectivity index (χ0n) is 12.1. The van der Waals surface area contributed by atoms with E-state index in [2.05, 4.69) is 18.1 Å². The van der Waals surface area contributed by atoms with Gasteiger partial charge in [-0.25, -0.2) is 4.68 Å². The Morgan fingerprint density at radius 1 is 1.52 bits per heavy atom. The lowest BCUT2D eigenvalue weighted by Crippen LogP contribution is -2.08. The van der Waals surface area contributed by atoms with E-state index in [0.717, 1.165) is 23.5 Å². The van der Waals surface area contributed by atoms with Gasteiger partial charge in [-0.3, -0.25) is 0 Å². The lowest BCUT2D eigenvalue weighted by atomic mass is 10.1. The summed E-state index contributed by atoms with van der Waals surface area (Å²) in [5, 5.41) is 4.64. The molecule has 6 heteroatoms. The Hall–Kier alpha value is -1.88. The van der Waals surface area contributed by atoms with Crippen LogP contribution in [0.15, 0.2) is 18.3 Å². The molecule has 1 aromatic heterocycles. The van der Waals surface area contributed by atoms with Crippen molar-refractivity contribution in [2.75, 3.05) is 12.3 Å². The molecule has 3 rings (SSSR count). The smallest absolute Gasteiger partial charge is 0.140 e. The minimum Gasteiger partial charge on any atom is -0.494 e. The highest BCUT2D eigenvalue weighted by Crippen LogP contribution is 2.35. The van der Waals surface area contributed by atoms with Crippen molar-refractivity contribution < 1.29 is 9.47 Å². The van der Waals surface area contributed by atoms with Crippen molar-refractivity contribution >= 4 is 17.4 Å². The molecular weight excluding hydrogens is 290 g/mol. The van der Waals surface area contributed by atoms with Gasteiger partial charge in [-0.2, -0.15) is 5.10 Å². The Morgan fingerprint density at radius 2 is 2.33 bits per heavy atom. The van der Waals surface area contributed by atoms with Crippen LogP contribution in [0.5, 0.6) is 11.5 Å². The molecule has 1 atom stereocenters. The van der Waals surface area contributed by atoms with E-state index >= 15 is 0 Å². The number of aromatic nitrogens is 2. The number of halogens is 1. The molecule has 0 aliphatic carbocycles. The summed E-state index contributed by atoms with van der Waals surface area (Å²) < 4.78 is 13.2.